The number of anilines is 2. The summed E-state index contributed by atoms with van der Waals surface area (Å²) < 4.78 is 0. The molecule has 0 aliphatic carbocycles. The second-order valence-electron chi connectivity index (χ2n) is 1.63. The first kappa shape index (κ1) is 5.81. The maximum Gasteiger partial charge on any atom is 0.133 e. The second kappa shape index (κ2) is 1.89. The van der Waals surface area contributed by atoms with Gasteiger partial charge >= 0.3 is 0 Å². The molecule has 0 saturated carbocycles. The van der Waals surface area contributed by atoms with E-state index in [4.69, 9.17) is 11.5 Å². The van der Waals surface area contributed by atoms with Crippen molar-refractivity contribution in [3.8, 4) is 0 Å². The summed E-state index contributed by atoms with van der Waals surface area (Å²) in [6.45, 7) is 3.46. The van der Waals surface area contributed by atoms with E-state index in [1.807, 2.05) is 0 Å². The zero-order chi connectivity index (χ0) is 6.85. The van der Waals surface area contributed by atoms with Crippen molar-refractivity contribution < 1.29 is 0 Å². The predicted octanol–water partition coefficient (Wildman–Crippen LogP) is -0.177. The molecule has 4 heteroatoms. The molecule has 0 unspecified atom stereocenters. The molecule has 1 aromatic rings. The summed E-state index contributed by atoms with van der Waals surface area (Å²) in [4.78, 5) is 7.42. The number of nitrogens with zero attached hydrogens (tertiary/aromatic N) is 2. The summed E-state index contributed by atoms with van der Waals surface area (Å²) in [6, 6.07) is 1.48. The van der Waals surface area contributed by atoms with Crippen molar-refractivity contribution in [1.29, 1.82) is 0 Å². The Kier molecular flexibility index (Phi) is 1.22. The van der Waals surface area contributed by atoms with Gasteiger partial charge in [-0.2, -0.15) is 0 Å². The van der Waals surface area contributed by atoms with Gasteiger partial charge < -0.3 is 11.5 Å². The lowest BCUT2D eigenvalue weighted by Gasteiger charge is -1.94. The van der Waals surface area contributed by atoms with E-state index >= 15 is 0 Å². The molecule has 0 aliphatic rings. The third kappa shape index (κ3) is 1.28. The maximum absolute atomic E-state index is 5.29. The Bertz CT molecular complexity index is 170. The number of aromatic nitrogens is 2. The van der Waals surface area contributed by atoms with Gasteiger partial charge in [-0.3, -0.25) is 0 Å². The fourth-order valence-electron chi connectivity index (χ4n) is 0.539. The van der Waals surface area contributed by atoms with Crippen LogP contribution in [-0.4, -0.2) is 9.97 Å². The van der Waals surface area contributed by atoms with Crippen molar-refractivity contribution in [2.75, 3.05) is 11.5 Å². The molecule has 0 amide bonds. The molecule has 1 radical (unpaired) electrons. The van der Waals surface area contributed by atoms with E-state index in [1.54, 1.807) is 0 Å². The van der Waals surface area contributed by atoms with Gasteiger partial charge in [0.2, 0.25) is 0 Å². The van der Waals surface area contributed by atoms with Crippen LogP contribution in [0, 0.1) is 6.92 Å². The van der Waals surface area contributed by atoms with Crippen LogP contribution in [0.3, 0.4) is 0 Å². The summed E-state index contributed by atoms with van der Waals surface area (Å²) in [6.07, 6.45) is 0. The number of nitrogen functional groups attached to an aromatic ring is 2. The molecule has 0 bridgehead atoms. The monoisotopic (exact) mass is 123 g/mol. The van der Waals surface area contributed by atoms with E-state index in [9.17, 15) is 0 Å². The van der Waals surface area contributed by atoms with Crippen LogP contribution in [0.15, 0.2) is 6.07 Å². The van der Waals surface area contributed by atoms with Crippen LogP contribution >= 0.6 is 0 Å². The summed E-state index contributed by atoms with van der Waals surface area (Å²) in [7, 11) is 0. The smallest absolute Gasteiger partial charge is 0.133 e. The van der Waals surface area contributed by atoms with Crippen LogP contribution in [0.25, 0.3) is 0 Å². The Morgan fingerprint density at radius 2 is 1.67 bits per heavy atom. The number of hydrogen-bond acceptors (Lipinski definition) is 4. The fourth-order valence-corrected chi connectivity index (χ4v) is 0.539. The largest absolute Gasteiger partial charge is 0.384 e. The molecule has 0 aliphatic heterocycles. The molecule has 1 heterocycles. The molecule has 1 rings (SSSR count). The van der Waals surface area contributed by atoms with Gasteiger partial charge in [-0.25, -0.2) is 9.97 Å². The minimum Gasteiger partial charge on any atom is -0.384 e. The van der Waals surface area contributed by atoms with E-state index in [0.717, 1.165) is 0 Å². The van der Waals surface area contributed by atoms with E-state index < -0.39 is 0 Å². The molecule has 4 nitrogen and oxygen atoms in total. The molecule has 9 heavy (non-hydrogen) atoms. The lowest BCUT2D eigenvalue weighted by molar-refractivity contribution is 1.13. The van der Waals surface area contributed by atoms with Gasteiger partial charge in [0.1, 0.15) is 17.5 Å². The molecular formula is C5H7N4. The SMILES string of the molecule is [CH2]c1nc(N)cc(N)n1. The van der Waals surface area contributed by atoms with Crippen molar-refractivity contribution >= 4 is 11.6 Å². The predicted molar refractivity (Wildman–Crippen MR) is 35.3 cm³/mol. The molecule has 47 valence electrons. The summed E-state index contributed by atoms with van der Waals surface area (Å²) in [5.74, 6) is 1.06. The first-order valence-corrected chi connectivity index (χ1v) is 2.40. The van der Waals surface area contributed by atoms with Gasteiger partial charge in [-0.05, 0) is 0 Å². The molecular weight excluding hydrogens is 116 g/mol. The molecule has 0 saturated heterocycles. The Morgan fingerprint density at radius 3 is 2.00 bits per heavy atom. The second-order valence-corrected chi connectivity index (χ2v) is 1.63. The number of hydrogen-bond donors (Lipinski definition) is 2. The first-order valence-electron chi connectivity index (χ1n) is 2.40. The van der Waals surface area contributed by atoms with Gasteiger partial charge in [0.25, 0.3) is 0 Å². The third-order valence-electron chi connectivity index (χ3n) is 0.812. The Hall–Kier alpha value is -1.32. The highest BCUT2D eigenvalue weighted by Gasteiger charge is 1.91. The highest BCUT2D eigenvalue weighted by atomic mass is 15.0. The van der Waals surface area contributed by atoms with Crippen LogP contribution < -0.4 is 11.5 Å². The molecule has 1 aromatic heterocycles. The lowest BCUT2D eigenvalue weighted by Crippen LogP contribution is -1.98. The van der Waals surface area contributed by atoms with Crippen molar-refractivity contribution in [2.45, 2.75) is 0 Å². The van der Waals surface area contributed by atoms with Crippen LogP contribution in [-0.2, 0) is 0 Å². The van der Waals surface area contributed by atoms with Gasteiger partial charge in [0, 0.05) is 13.0 Å². The highest BCUT2D eigenvalue weighted by Crippen LogP contribution is 2.01. The van der Waals surface area contributed by atoms with Gasteiger partial charge in [0.05, 0.1) is 0 Å². The molecule has 0 atom stereocenters. The van der Waals surface area contributed by atoms with E-state index in [-0.39, 0.29) is 0 Å². The van der Waals surface area contributed by atoms with E-state index in [1.165, 1.54) is 6.07 Å². The van der Waals surface area contributed by atoms with Gasteiger partial charge in [-0.15, -0.1) is 0 Å². The van der Waals surface area contributed by atoms with Crippen LogP contribution in [0.4, 0.5) is 11.6 Å². The molecule has 0 spiro atoms. The third-order valence-corrected chi connectivity index (χ3v) is 0.812. The Balaban J connectivity index is 3.17. The maximum atomic E-state index is 5.29. The molecule has 4 N–H and O–H groups in total. The minimum absolute atomic E-state index is 0.354. The lowest BCUT2D eigenvalue weighted by atomic mass is 10.5. The molecule has 0 aromatic carbocycles. The summed E-state index contributed by atoms with van der Waals surface area (Å²) in [5, 5.41) is 0. The quantitative estimate of drug-likeness (QED) is 0.501. The number of rotatable bonds is 0. The van der Waals surface area contributed by atoms with E-state index in [2.05, 4.69) is 16.9 Å². The van der Waals surface area contributed by atoms with Crippen LogP contribution in [0.1, 0.15) is 5.82 Å². The van der Waals surface area contributed by atoms with Crippen molar-refractivity contribution in [3.63, 3.8) is 0 Å². The van der Waals surface area contributed by atoms with Crippen molar-refractivity contribution in [2.24, 2.45) is 0 Å². The zero-order valence-corrected chi connectivity index (χ0v) is 4.83. The Morgan fingerprint density at radius 1 is 1.22 bits per heavy atom. The normalized spacial score (nSPS) is 9.44. The van der Waals surface area contributed by atoms with Crippen LogP contribution in [0.5, 0.6) is 0 Å². The minimum atomic E-state index is 0.354. The number of nitrogens with two attached hydrogens (primary N) is 2. The van der Waals surface area contributed by atoms with Crippen molar-refractivity contribution in [3.05, 3.63) is 18.8 Å². The fraction of sp³-hybridized carbons (Fsp3) is 0. The summed E-state index contributed by atoms with van der Waals surface area (Å²) in [5.41, 5.74) is 10.6. The average Bonchev–Trinajstić information content (AvgIpc) is 1.59. The van der Waals surface area contributed by atoms with E-state index in [0.29, 0.717) is 17.5 Å². The zero-order valence-electron chi connectivity index (χ0n) is 4.83. The van der Waals surface area contributed by atoms with Crippen LogP contribution in [0.2, 0.25) is 0 Å². The van der Waals surface area contributed by atoms with Gasteiger partial charge in [0.15, 0.2) is 0 Å². The Labute approximate surface area is 52.9 Å². The first-order chi connectivity index (χ1) is 4.18. The standard InChI is InChI=1S/C5H7N4/c1-3-8-4(6)2-5(7)9-3/h2H,1H2,(H4,6,7,8,9). The van der Waals surface area contributed by atoms with Gasteiger partial charge in [-0.1, -0.05) is 0 Å². The summed E-state index contributed by atoms with van der Waals surface area (Å²) >= 11 is 0. The average molecular weight is 123 g/mol. The topological polar surface area (TPSA) is 77.8 Å². The van der Waals surface area contributed by atoms with Crippen molar-refractivity contribution in [1.82, 2.24) is 9.97 Å². The molecule has 0 fully saturated rings. The highest BCUT2D eigenvalue weighted by molar-refractivity contribution is 5.40.